The van der Waals surface area contributed by atoms with E-state index >= 15 is 0 Å². The molecular formula is C12H15F2NO5S. The molecule has 9 heteroatoms. The van der Waals surface area contributed by atoms with Crippen molar-refractivity contribution in [2.24, 2.45) is 5.14 Å². The Kier molecular flexibility index (Phi) is 6.19. The predicted octanol–water partition coefficient (Wildman–Crippen LogP) is 1.20. The van der Waals surface area contributed by atoms with Gasteiger partial charge in [-0.2, -0.15) is 0 Å². The summed E-state index contributed by atoms with van der Waals surface area (Å²) in [6.07, 6.45) is 0.771. The van der Waals surface area contributed by atoms with E-state index in [0.717, 1.165) is 6.42 Å². The first-order valence-corrected chi connectivity index (χ1v) is 7.59. The van der Waals surface area contributed by atoms with Crippen LogP contribution in [0.15, 0.2) is 17.0 Å². The molecule has 0 radical (unpaired) electrons. The number of ether oxygens (including phenoxy) is 2. The van der Waals surface area contributed by atoms with Gasteiger partial charge in [0.25, 0.3) is 0 Å². The Labute approximate surface area is 120 Å². The molecule has 0 saturated carbocycles. The van der Waals surface area contributed by atoms with Crippen LogP contribution in [0.1, 0.15) is 23.7 Å². The molecule has 0 aliphatic carbocycles. The molecule has 118 valence electrons. The molecule has 0 heterocycles. The molecule has 0 aliphatic heterocycles. The molecular weight excluding hydrogens is 308 g/mol. The molecule has 0 unspecified atom stereocenters. The molecule has 1 aromatic carbocycles. The van der Waals surface area contributed by atoms with Gasteiger partial charge in [-0.1, -0.05) is 6.92 Å². The fourth-order valence-corrected chi connectivity index (χ4v) is 2.06. The standard InChI is InChI=1S/C12H15F2NO5S/c1-2-5-19-6-7-20-12(16)10-8(13)3-4-9(11(10)14)21(15,17)18/h3-4H,2,5-7H2,1H3,(H2,15,17,18). The van der Waals surface area contributed by atoms with Gasteiger partial charge < -0.3 is 9.47 Å². The zero-order valence-corrected chi connectivity index (χ0v) is 12.1. The van der Waals surface area contributed by atoms with Crippen molar-refractivity contribution < 1.29 is 31.5 Å². The molecule has 0 aromatic heterocycles. The average molecular weight is 323 g/mol. The molecule has 0 bridgehead atoms. The quantitative estimate of drug-likeness (QED) is 0.601. The smallest absolute Gasteiger partial charge is 0.344 e. The predicted molar refractivity (Wildman–Crippen MR) is 69.1 cm³/mol. The van der Waals surface area contributed by atoms with Gasteiger partial charge in [-0.25, -0.2) is 27.1 Å². The summed E-state index contributed by atoms with van der Waals surface area (Å²) in [6.45, 7) is 2.20. The Morgan fingerprint density at radius 1 is 1.24 bits per heavy atom. The third-order valence-electron chi connectivity index (χ3n) is 2.38. The zero-order valence-electron chi connectivity index (χ0n) is 11.3. The minimum Gasteiger partial charge on any atom is -0.459 e. The minimum absolute atomic E-state index is 0.0672. The van der Waals surface area contributed by atoms with Crippen LogP contribution >= 0.6 is 0 Å². The normalized spacial score (nSPS) is 11.4. The molecule has 0 atom stereocenters. The van der Waals surface area contributed by atoms with Crippen LogP contribution in [-0.4, -0.2) is 34.2 Å². The van der Waals surface area contributed by atoms with Crippen LogP contribution in [0.4, 0.5) is 8.78 Å². The third-order valence-corrected chi connectivity index (χ3v) is 3.30. The van der Waals surface area contributed by atoms with Crippen molar-refractivity contribution in [3.63, 3.8) is 0 Å². The number of hydrogen-bond donors (Lipinski definition) is 1. The number of benzene rings is 1. The Morgan fingerprint density at radius 3 is 2.48 bits per heavy atom. The van der Waals surface area contributed by atoms with Gasteiger partial charge >= 0.3 is 5.97 Å². The highest BCUT2D eigenvalue weighted by atomic mass is 32.2. The Morgan fingerprint density at radius 2 is 1.90 bits per heavy atom. The van der Waals surface area contributed by atoms with Crippen molar-refractivity contribution in [2.75, 3.05) is 19.8 Å². The van der Waals surface area contributed by atoms with Gasteiger partial charge in [-0.3, -0.25) is 0 Å². The van der Waals surface area contributed by atoms with Crippen molar-refractivity contribution in [1.82, 2.24) is 0 Å². The molecule has 1 aromatic rings. The van der Waals surface area contributed by atoms with Gasteiger partial charge in [0.1, 0.15) is 22.9 Å². The number of nitrogens with two attached hydrogens (primary N) is 1. The lowest BCUT2D eigenvalue weighted by molar-refractivity contribution is 0.0309. The first-order valence-electron chi connectivity index (χ1n) is 6.04. The summed E-state index contributed by atoms with van der Waals surface area (Å²) in [6, 6.07) is 1.27. The number of halogens is 2. The summed E-state index contributed by atoms with van der Waals surface area (Å²) < 4.78 is 59.3. The number of hydrogen-bond acceptors (Lipinski definition) is 5. The number of sulfonamides is 1. The lowest BCUT2D eigenvalue weighted by Crippen LogP contribution is -2.19. The van der Waals surface area contributed by atoms with Crippen molar-refractivity contribution in [2.45, 2.75) is 18.2 Å². The van der Waals surface area contributed by atoms with Crippen LogP contribution in [0.25, 0.3) is 0 Å². The first kappa shape index (κ1) is 17.5. The molecule has 0 saturated heterocycles. The Hall–Kier alpha value is -1.58. The maximum atomic E-state index is 13.9. The van der Waals surface area contributed by atoms with E-state index in [1.807, 2.05) is 6.92 Å². The van der Waals surface area contributed by atoms with Gasteiger partial charge in [0, 0.05) is 6.61 Å². The summed E-state index contributed by atoms with van der Waals surface area (Å²) in [5.41, 5.74) is -1.10. The van der Waals surface area contributed by atoms with E-state index in [1.54, 1.807) is 0 Å². The van der Waals surface area contributed by atoms with Gasteiger partial charge in [0.15, 0.2) is 5.82 Å². The van der Waals surface area contributed by atoms with Crippen LogP contribution in [-0.2, 0) is 19.5 Å². The van der Waals surface area contributed by atoms with Gasteiger partial charge in [-0.05, 0) is 18.6 Å². The number of carbonyl (C=O) groups excluding carboxylic acids is 1. The van der Waals surface area contributed by atoms with E-state index in [-0.39, 0.29) is 13.2 Å². The molecule has 6 nitrogen and oxygen atoms in total. The topological polar surface area (TPSA) is 95.7 Å². The molecule has 0 amide bonds. The van der Waals surface area contributed by atoms with Gasteiger partial charge in [0.2, 0.25) is 10.0 Å². The van der Waals surface area contributed by atoms with Gasteiger partial charge in [-0.15, -0.1) is 0 Å². The van der Waals surface area contributed by atoms with Crippen LogP contribution < -0.4 is 5.14 Å². The van der Waals surface area contributed by atoms with E-state index in [0.29, 0.717) is 18.7 Å². The number of carbonyl (C=O) groups is 1. The van der Waals surface area contributed by atoms with E-state index in [1.165, 1.54) is 0 Å². The van der Waals surface area contributed by atoms with Crippen molar-refractivity contribution >= 4 is 16.0 Å². The molecule has 2 N–H and O–H groups in total. The lowest BCUT2D eigenvalue weighted by Gasteiger charge is -2.09. The van der Waals surface area contributed by atoms with Gasteiger partial charge in [0.05, 0.1) is 6.61 Å². The third kappa shape index (κ3) is 4.73. The lowest BCUT2D eigenvalue weighted by atomic mass is 10.2. The highest BCUT2D eigenvalue weighted by Crippen LogP contribution is 2.20. The Balaban J connectivity index is 2.89. The van der Waals surface area contributed by atoms with E-state index < -0.39 is 38.1 Å². The van der Waals surface area contributed by atoms with Crippen LogP contribution in [0.2, 0.25) is 0 Å². The van der Waals surface area contributed by atoms with Crippen LogP contribution in [0.3, 0.4) is 0 Å². The summed E-state index contributed by atoms with van der Waals surface area (Å²) in [5, 5.41) is 4.77. The maximum absolute atomic E-state index is 13.9. The van der Waals surface area contributed by atoms with Crippen LogP contribution in [0.5, 0.6) is 0 Å². The molecule has 0 aliphatic rings. The SMILES string of the molecule is CCCOCCOC(=O)c1c(F)ccc(S(N)(=O)=O)c1F. The minimum atomic E-state index is -4.41. The molecule has 1 rings (SSSR count). The molecule has 0 spiro atoms. The number of primary sulfonamides is 1. The largest absolute Gasteiger partial charge is 0.459 e. The zero-order chi connectivity index (χ0) is 16.0. The first-order chi connectivity index (χ1) is 9.79. The Bertz CT molecular complexity index is 618. The van der Waals surface area contributed by atoms with Crippen LogP contribution in [0, 0.1) is 11.6 Å². The second-order valence-electron chi connectivity index (χ2n) is 4.03. The fraction of sp³-hybridized carbons (Fsp3) is 0.417. The molecule has 0 fully saturated rings. The number of rotatable bonds is 7. The summed E-state index contributed by atoms with van der Waals surface area (Å²) in [4.78, 5) is 10.6. The van der Waals surface area contributed by atoms with Crippen molar-refractivity contribution in [1.29, 1.82) is 0 Å². The van der Waals surface area contributed by atoms with E-state index in [9.17, 15) is 22.0 Å². The summed E-state index contributed by atoms with van der Waals surface area (Å²) >= 11 is 0. The highest BCUT2D eigenvalue weighted by molar-refractivity contribution is 7.89. The second kappa shape index (κ2) is 7.43. The summed E-state index contributed by atoms with van der Waals surface area (Å²) in [5.74, 6) is -4.13. The second-order valence-corrected chi connectivity index (χ2v) is 5.56. The monoisotopic (exact) mass is 323 g/mol. The molecule has 21 heavy (non-hydrogen) atoms. The van der Waals surface area contributed by atoms with Crippen molar-refractivity contribution in [3.05, 3.63) is 29.3 Å². The van der Waals surface area contributed by atoms with Crippen molar-refractivity contribution in [3.8, 4) is 0 Å². The summed E-state index contributed by atoms with van der Waals surface area (Å²) in [7, 11) is -4.41. The fourth-order valence-electron chi connectivity index (χ4n) is 1.45. The average Bonchev–Trinajstić information content (AvgIpc) is 2.37. The maximum Gasteiger partial charge on any atom is 0.344 e. The number of esters is 1. The highest BCUT2D eigenvalue weighted by Gasteiger charge is 2.26. The van der Waals surface area contributed by atoms with E-state index in [4.69, 9.17) is 9.88 Å². The van der Waals surface area contributed by atoms with E-state index in [2.05, 4.69) is 4.74 Å².